The van der Waals surface area contributed by atoms with Crippen LogP contribution in [0.1, 0.15) is 40.9 Å². The minimum absolute atomic E-state index is 0.0627. The molecular formula is C20H22N2O5. The number of ether oxygens (including phenoxy) is 2. The van der Waals surface area contributed by atoms with Gasteiger partial charge in [0.15, 0.2) is 11.5 Å². The van der Waals surface area contributed by atoms with Gasteiger partial charge in [-0.15, -0.1) is 0 Å². The van der Waals surface area contributed by atoms with Crippen molar-refractivity contribution in [2.45, 2.75) is 38.8 Å². The highest BCUT2D eigenvalue weighted by molar-refractivity contribution is 5.95. The molecule has 1 aliphatic carbocycles. The maximum atomic E-state index is 12.7. The van der Waals surface area contributed by atoms with E-state index < -0.39 is 0 Å². The van der Waals surface area contributed by atoms with Crippen LogP contribution in [0.15, 0.2) is 34.9 Å². The molecular weight excluding hydrogens is 348 g/mol. The number of amides is 2. The van der Waals surface area contributed by atoms with E-state index in [2.05, 4.69) is 5.32 Å². The van der Waals surface area contributed by atoms with E-state index in [0.29, 0.717) is 30.2 Å². The van der Waals surface area contributed by atoms with Gasteiger partial charge >= 0.3 is 0 Å². The third-order valence-corrected chi connectivity index (χ3v) is 4.84. The molecule has 1 aliphatic heterocycles. The van der Waals surface area contributed by atoms with Crippen LogP contribution in [0.25, 0.3) is 0 Å². The monoisotopic (exact) mass is 370 g/mol. The van der Waals surface area contributed by atoms with Crippen LogP contribution in [-0.4, -0.2) is 36.1 Å². The van der Waals surface area contributed by atoms with Gasteiger partial charge in [-0.3, -0.25) is 9.59 Å². The van der Waals surface area contributed by atoms with Crippen LogP contribution in [0.5, 0.6) is 11.5 Å². The molecule has 0 spiro atoms. The molecule has 4 rings (SSSR count). The number of hydrogen-bond acceptors (Lipinski definition) is 5. The van der Waals surface area contributed by atoms with Crippen LogP contribution in [0.3, 0.4) is 0 Å². The summed E-state index contributed by atoms with van der Waals surface area (Å²) in [6.07, 6.45) is 3.76. The predicted octanol–water partition coefficient (Wildman–Crippen LogP) is 2.63. The number of nitrogens with one attached hydrogen (secondary N) is 1. The second-order valence-electron chi connectivity index (χ2n) is 6.83. The summed E-state index contributed by atoms with van der Waals surface area (Å²) in [7, 11) is 0. The minimum Gasteiger partial charge on any atom is -0.469 e. The second kappa shape index (κ2) is 7.34. The number of hydrogen-bond donors (Lipinski definition) is 1. The van der Waals surface area contributed by atoms with Gasteiger partial charge in [0.1, 0.15) is 5.76 Å². The normalized spacial score (nSPS) is 14.9. The summed E-state index contributed by atoms with van der Waals surface area (Å²) < 4.78 is 15.9. The maximum absolute atomic E-state index is 12.7. The van der Waals surface area contributed by atoms with Crippen LogP contribution in [0.4, 0.5) is 0 Å². The highest BCUT2D eigenvalue weighted by Gasteiger charge is 2.34. The van der Waals surface area contributed by atoms with Gasteiger partial charge in [0, 0.05) is 25.6 Å². The minimum atomic E-state index is -0.0879. The van der Waals surface area contributed by atoms with Gasteiger partial charge in [-0.2, -0.15) is 0 Å². The molecule has 27 heavy (non-hydrogen) atoms. The van der Waals surface area contributed by atoms with Gasteiger partial charge < -0.3 is 24.1 Å². The van der Waals surface area contributed by atoms with Crippen molar-refractivity contribution in [3.63, 3.8) is 0 Å². The Bertz CT molecular complexity index is 856. The third-order valence-electron chi connectivity index (χ3n) is 4.84. The molecule has 0 saturated heterocycles. The smallest absolute Gasteiger partial charge is 0.257 e. The number of benzene rings is 1. The van der Waals surface area contributed by atoms with Crippen LogP contribution >= 0.6 is 0 Å². The van der Waals surface area contributed by atoms with E-state index in [9.17, 15) is 9.59 Å². The lowest BCUT2D eigenvalue weighted by atomic mass is 10.2. The van der Waals surface area contributed by atoms with E-state index in [1.54, 1.807) is 17.9 Å². The van der Waals surface area contributed by atoms with Crippen LogP contribution in [0, 0.1) is 6.92 Å². The molecule has 1 saturated carbocycles. The number of aryl methyl sites for hydroxylation is 1. The number of carbonyl (C=O) groups excluding carboxylic acids is 2. The summed E-state index contributed by atoms with van der Waals surface area (Å²) in [6.45, 7) is 2.82. The predicted molar refractivity (Wildman–Crippen MR) is 96.5 cm³/mol. The molecule has 1 aromatic carbocycles. The molecule has 142 valence electrons. The first-order chi connectivity index (χ1) is 13.1. The Hall–Kier alpha value is -2.96. The molecule has 1 N–H and O–H groups in total. The first-order valence-corrected chi connectivity index (χ1v) is 9.12. The molecule has 1 aromatic heterocycles. The summed E-state index contributed by atoms with van der Waals surface area (Å²) in [6, 6.07) is 7.52. The molecule has 0 bridgehead atoms. The number of fused-ring (bicyclic) bond motifs is 1. The van der Waals surface area contributed by atoms with Gasteiger partial charge in [-0.1, -0.05) is 6.07 Å². The third kappa shape index (κ3) is 3.92. The zero-order valence-corrected chi connectivity index (χ0v) is 15.2. The van der Waals surface area contributed by atoms with E-state index >= 15 is 0 Å². The SMILES string of the molecule is Cc1occc1C(=O)N(CCC(=O)NCc1ccc2c(c1)OCO2)C1CC1. The largest absolute Gasteiger partial charge is 0.469 e. The Balaban J connectivity index is 1.30. The first kappa shape index (κ1) is 17.5. The fourth-order valence-electron chi connectivity index (χ4n) is 3.16. The van der Waals surface area contributed by atoms with Gasteiger partial charge in [0.2, 0.25) is 12.7 Å². The Labute approximate surface area is 157 Å². The van der Waals surface area contributed by atoms with Crippen molar-refractivity contribution in [1.29, 1.82) is 0 Å². The Morgan fingerprint density at radius 3 is 2.74 bits per heavy atom. The van der Waals surface area contributed by atoms with E-state index in [-0.39, 0.29) is 31.1 Å². The van der Waals surface area contributed by atoms with Crippen molar-refractivity contribution < 1.29 is 23.5 Å². The van der Waals surface area contributed by atoms with Crippen molar-refractivity contribution in [2.75, 3.05) is 13.3 Å². The molecule has 7 heteroatoms. The average molecular weight is 370 g/mol. The van der Waals surface area contributed by atoms with Gasteiger partial charge in [0.05, 0.1) is 11.8 Å². The lowest BCUT2D eigenvalue weighted by molar-refractivity contribution is -0.121. The van der Waals surface area contributed by atoms with Crippen LogP contribution in [0.2, 0.25) is 0 Å². The number of nitrogens with zero attached hydrogens (tertiary/aromatic N) is 1. The first-order valence-electron chi connectivity index (χ1n) is 9.12. The summed E-state index contributed by atoms with van der Waals surface area (Å²) in [4.78, 5) is 26.8. The topological polar surface area (TPSA) is 81.0 Å². The Morgan fingerprint density at radius 2 is 2.00 bits per heavy atom. The molecule has 0 unspecified atom stereocenters. The molecule has 2 aromatic rings. The summed E-state index contributed by atoms with van der Waals surface area (Å²) in [5.41, 5.74) is 1.51. The average Bonchev–Trinajstić information content (AvgIpc) is 3.23. The highest BCUT2D eigenvalue weighted by Crippen LogP contribution is 2.32. The highest BCUT2D eigenvalue weighted by atomic mass is 16.7. The summed E-state index contributed by atoms with van der Waals surface area (Å²) in [5, 5.41) is 2.90. The van der Waals surface area contributed by atoms with Crippen molar-refractivity contribution in [3.8, 4) is 11.5 Å². The van der Waals surface area contributed by atoms with Crippen molar-refractivity contribution in [2.24, 2.45) is 0 Å². The zero-order chi connectivity index (χ0) is 18.8. The van der Waals surface area contributed by atoms with Gasteiger partial charge in [-0.05, 0) is 43.5 Å². The Kier molecular flexibility index (Phi) is 4.75. The lowest BCUT2D eigenvalue weighted by Crippen LogP contribution is -2.36. The van der Waals surface area contributed by atoms with Crippen LogP contribution < -0.4 is 14.8 Å². The fraction of sp³-hybridized carbons (Fsp3) is 0.400. The molecule has 0 atom stereocenters. The quantitative estimate of drug-likeness (QED) is 0.810. The standard InChI is InChI=1S/C20H22N2O5/c1-13-16(7-9-25-13)20(24)22(15-3-4-15)8-6-19(23)21-11-14-2-5-17-18(10-14)27-12-26-17/h2,5,7,9-10,15H,3-4,6,8,11-12H2,1H3,(H,21,23). The molecule has 0 radical (unpaired) electrons. The Morgan fingerprint density at radius 1 is 1.19 bits per heavy atom. The van der Waals surface area contributed by atoms with Crippen molar-refractivity contribution in [3.05, 3.63) is 47.4 Å². The fourth-order valence-corrected chi connectivity index (χ4v) is 3.16. The van der Waals surface area contributed by atoms with E-state index in [1.807, 2.05) is 18.2 Å². The van der Waals surface area contributed by atoms with Gasteiger partial charge in [-0.25, -0.2) is 0 Å². The number of carbonyl (C=O) groups is 2. The molecule has 2 aliphatic rings. The number of furan rings is 1. The lowest BCUT2D eigenvalue weighted by Gasteiger charge is -2.22. The van der Waals surface area contributed by atoms with Crippen molar-refractivity contribution >= 4 is 11.8 Å². The molecule has 1 fully saturated rings. The van der Waals surface area contributed by atoms with Gasteiger partial charge in [0.25, 0.3) is 5.91 Å². The maximum Gasteiger partial charge on any atom is 0.257 e. The van der Waals surface area contributed by atoms with E-state index in [4.69, 9.17) is 13.9 Å². The molecule has 2 heterocycles. The summed E-state index contributed by atoms with van der Waals surface area (Å²) >= 11 is 0. The second-order valence-corrected chi connectivity index (χ2v) is 6.83. The summed E-state index contributed by atoms with van der Waals surface area (Å²) in [5.74, 6) is 1.88. The van der Waals surface area contributed by atoms with E-state index in [0.717, 1.165) is 24.2 Å². The zero-order valence-electron chi connectivity index (χ0n) is 15.2. The molecule has 7 nitrogen and oxygen atoms in total. The van der Waals surface area contributed by atoms with Crippen molar-refractivity contribution in [1.82, 2.24) is 10.2 Å². The number of rotatable bonds is 7. The molecule has 2 amide bonds. The van der Waals surface area contributed by atoms with E-state index in [1.165, 1.54) is 6.26 Å². The van der Waals surface area contributed by atoms with Crippen LogP contribution in [-0.2, 0) is 11.3 Å².